The Labute approximate surface area is 96.1 Å². The highest BCUT2D eigenvalue weighted by Gasteiger charge is 2.17. The summed E-state index contributed by atoms with van der Waals surface area (Å²) in [6.07, 6.45) is 6.64. The van der Waals surface area contributed by atoms with Gasteiger partial charge in [-0.05, 0) is 25.3 Å². The minimum Gasteiger partial charge on any atom is -0.387 e. The van der Waals surface area contributed by atoms with Crippen molar-refractivity contribution in [2.45, 2.75) is 25.4 Å². The highest BCUT2D eigenvalue weighted by Crippen LogP contribution is 2.27. The summed E-state index contributed by atoms with van der Waals surface area (Å²) in [6.45, 7) is 2.37. The standard InChI is InChI=1S/C12H19N3O/c13-8-12(16)10-9-14-5-4-11(10)15-6-2-1-3-7-15/h4-5,9,12,16H,1-3,6-8,13H2. The number of aliphatic hydroxyl groups is 1. The van der Waals surface area contributed by atoms with Gasteiger partial charge in [0.05, 0.1) is 6.10 Å². The molecule has 2 rings (SSSR count). The van der Waals surface area contributed by atoms with Crippen molar-refractivity contribution in [1.29, 1.82) is 0 Å². The summed E-state index contributed by atoms with van der Waals surface area (Å²) in [6, 6.07) is 1.97. The third-order valence-electron chi connectivity index (χ3n) is 3.11. The molecule has 88 valence electrons. The fourth-order valence-electron chi connectivity index (χ4n) is 2.21. The zero-order chi connectivity index (χ0) is 11.4. The van der Waals surface area contributed by atoms with E-state index < -0.39 is 6.10 Å². The number of rotatable bonds is 3. The van der Waals surface area contributed by atoms with Gasteiger partial charge >= 0.3 is 0 Å². The quantitative estimate of drug-likeness (QED) is 0.801. The van der Waals surface area contributed by atoms with Gasteiger partial charge < -0.3 is 15.7 Å². The molecule has 1 aliphatic rings. The largest absolute Gasteiger partial charge is 0.387 e. The molecule has 1 aliphatic heterocycles. The van der Waals surface area contributed by atoms with Crippen LogP contribution in [0.2, 0.25) is 0 Å². The number of pyridine rings is 1. The number of nitrogens with two attached hydrogens (primary N) is 1. The molecule has 0 amide bonds. The molecule has 0 bridgehead atoms. The predicted octanol–water partition coefficient (Wildman–Crippen LogP) is 1.06. The van der Waals surface area contributed by atoms with Gasteiger partial charge in [0.1, 0.15) is 0 Å². The van der Waals surface area contributed by atoms with Crippen molar-refractivity contribution in [3.8, 4) is 0 Å². The molecule has 4 heteroatoms. The first-order valence-electron chi connectivity index (χ1n) is 5.90. The number of piperidine rings is 1. The Bertz CT molecular complexity index is 337. The van der Waals surface area contributed by atoms with Crippen molar-refractivity contribution in [2.75, 3.05) is 24.5 Å². The van der Waals surface area contributed by atoms with E-state index in [9.17, 15) is 5.11 Å². The minimum atomic E-state index is -0.606. The van der Waals surface area contributed by atoms with Crippen LogP contribution in [0.4, 0.5) is 5.69 Å². The zero-order valence-corrected chi connectivity index (χ0v) is 9.47. The van der Waals surface area contributed by atoms with E-state index in [-0.39, 0.29) is 6.54 Å². The highest BCUT2D eigenvalue weighted by atomic mass is 16.3. The van der Waals surface area contributed by atoms with Crippen molar-refractivity contribution in [1.82, 2.24) is 4.98 Å². The van der Waals surface area contributed by atoms with Crippen LogP contribution in [-0.4, -0.2) is 29.7 Å². The first-order chi connectivity index (χ1) is 7.83. The van der Waals surface area contributed by atoms with Crippen molar-refractivity contribution in [3.63, 3.8) is 0 Å². The van der Waals surface area contributed by atoms with Crippen molar-refractivity contribution < 1.29 is 5.11 Å². The van der Waals surface area contributed by atoms with Gasteiger partial charge in [0.25, 0.3) is 0 Å². The van der Waals surface area contributed by atoms with Gasteiger partial charge in [-0.3, -0.25) is 4.98 Å². The van der Waals surface area contributed by atoms with Crippen molar-refractivity contribution in [3.05, 3.63) is 24.0 Å². The zero-order valence-electron chi connectivity index (χ0n) is 9.47. The Kier molecular flexibility index (Phi) is 3.74. The smallest absolute Gasteiger partial charge is 0.0947 e. The summed E-state index contributed by atoms with van der Waals surface area (Å²) in [5, 5.41) is 9.85. The maximum atomic E-state index is 9.85. The molecule has 4 nitrogen and oxygen atoms in total. The minimum absolute atomic E-state index is 0.243. The Balaban J connectivity index is 2.24. The van der Waals surface area contributed by atoms with Gasteiger partial charge in [-0.25, -0.2) is 0 Å². The molecule has 0 spiro atoms. The van der Waals surface area contributed by atoms with E-state index in [0.717, 1.165) is 24.3 Å². The third kappa shape index (κ3) is 2.33. The van der Waals surface area contributed by atoms with Crippen LogP contribution >= 0.6 is 0 Å². The lowest BCUT2D eigenvalue weighted by Crippen LogP contribution is -2.31. The van der Waals surface area contributed by atoms with E-state index in [0.29, 0.717) is 0 Å². The molecule has 1 unspecified atom stereocenters. The number of nitrogens with zero attached hydrogens (tertiary/aromatic N) is 2. The average molecular weight is 221 g/mol. The topological polar surface area (TPSA) is 62.4 Å². The second-order valence-electron chi connectivity index (χ2n) is 4.23. The molecule has 1 saturated heterocycles. The Morgan fingerprint density at radius 2 is 2.12 bits per heavy atom. The van der Waals surface area contributed by atoms with Crippen LogP contribution in [0.1, 0.15) is 30.9 Å². The van der Waals surface area contributed by atoms with E-state index in [1.54, 1.807) is 12.4 Å². The van der Waals surface area contributed by atoms with Gasteiger partial charge in [-0.15, -0.1) is 0 Å². The fourth-order valence-corrected chi connectivity index (χ4v) is 2.21. The summed E-state index contributed by atoms with van der Waals surface area (Å²) in [5.74, 6) is 0. The predicted molar refractivity (Wildman–Crippen MR) is 64.3 cm³/mol. The Morgan fingerprint density at radius 1 is 1.38 bits per heavy atom. The summed E-state index contributed by atoms with van der Waals surface area (Å²) < 4.78 is 0. The first-order valence-corrected chi connectivity index (χ1v) is 5.90. The monoisotopic (exact) mass is 221 g/mol. The molecule has 0 radical (unpaired) electrons. The molecular weight excluding hydrogens is 202 g/mol. The van der Waals surface area contributed by atoms with E-state index in [2.05, 4.69) is 9.88 Å². The lowest BCUT2D eigenvalue weighted by molar-refractivity contribution is 0.186. The second-order valence-corrected chi connectivity index (χ2v) is 4.23. The summed E-state index contributed by atoms with van der Waals surface area (Å²) >= 11 is 0. The number of anilines is 1. The van der Waals surface area contributed by atoms with Gasteiger partial charge in [-0.1, -0.05) is 0 Å². The second kappa shape index (κ2) is 5.27. The number of aliphatic hydroxyl groups excluding tert-OH is 1. The van der Waals surface area contributed by atoms with E-state index >= 15 is 0 Å². The normalized spacial score (nSPS) is 18.5. The van der Waals surface area contributed by atoms with E-state index in [4.69, 9.17) is 5.73 Å². The third-order valence-corrected chi connectivity index (χ3v) is 3.11. The van der Waals surface area contributed by atoms with E-state index in [1.807, 2.05) is 6.07 Å². The van der Waals surface area contributed by atoms with Crippen molar-refractivity contribution in [2.24, 2.45) is 5.73 Å². The molecule has 0 saturated carbocycles. The van der Waals surface area contributed by atoms with Gasteiger partial charge in [0.2, 0.25) is 0 Å². The van der Waals surface area contributed by atoms with Crippen LogP contribution < -0.4 is 10.6 Å². The summed E-state index contributed by atoms with van der Waals surface area (Å²) in [4.78, 5) is 6.39. The van der Waals surface area contributed by atoms with Gasteiger partial charge in [0.15, 0.2) is 0 Å². The maximum absolute atomic E-state index is 9.85. The molecule has 0 aliphatic carbocycles. The highest BCUT2D eigenvalue weighted by molar-refractivity contribution is 5.53. The average Bonchev–Trinajstić information content (AvgIpc) is 2.39. The van der Waals surface area contributed by atoms with Crippen LogP contribution in [0.5, 0.6) is 0 Å². The molecule has 16 heavy (non-hydrogen) atoms. The lowest BCUT2D eigenvalue weighted by Gasteiger charge is -2.31. The van der Waals surface area contributed by atoms with Crippen LogP contribution in [0.3, 0.4) is 0 Å². The lowest BCUT2D eigenvalue weighted by atomic mass is 10.1. The Morgan fingerprint density at radius 3 is 2.81 bits per heavy atom. The van der Waals surface area contributed by atoms with Crippen LogP contribution in [-0.2, 0) is 0 Å². The van der Waals surface area contributed by atoms with Gasteiger partial charge in [0, 0.05) is 43.3 Å². The first kappa shape index (κ1) is 11.4. The van der Waals surface area contributed by atoms with Gasteiger partial charge in [-0.2, -0.15) is 0 Å². The molecular formula is C12H19N3O. The van der Waals surface area contributed by atoms with Crippen LogP contribution in [0.25, 0.3) is 0 Å². The number of hydrogen-bond acceptors (Lipinski definition) is 4. The van der Waals surface area contributed by atoms with E-state index in [1.165, 1.54) is 19.3 Å². The molecule has 1 aromatic rings. The summed E-state index contributed by atoms with van der Waals surface area (Å²) in [7, 11) is 0. The van der Waals surface area contributed by atoms with Crippen molar-refractivity contribution >= 4 is 5.69 Å². The SMILES string of the molecule is NCC(O)c1cnccc1N1CCCCC1. The molecule has 0 aromatic carbocycles. The fraction of sp³-hybridized carbons (Fsp3) is 0.583. The molecule has 2 heterocycles. The van der Waals surface area contributed by atoms with Crippen LogP contribution in [0.15, 0.2) is 18.5 Å². The van der Waals surface area contributed by atoms with Crippen LogP contribution in [0, 0.1) is 0 Å². The summed E-state index contributed by atoms with van der Waals surface area (Å²) in [5.41, 5.74) is 7.45. The number of hydrogen-bond donors (Lipinski definition) is 2. The molecule has 3 N–H and O–H groups in total. The Hall–Kier alpha value is -1.13. The number of aromatic nitrogens is 1. The molecule has 1 fully saturated rings. The maximum Gasteiger partial charge on any atom is 0.0947 e. The molecule has 1 atom stereocenters. The molecule has 1 aromatic heterocycles.